The molecule has 0 fully saturated rings. The van der Waals surface area contributed by atoms with Crippen LogP contribution >= 0.6 is 0 Å². The molecule has 1 heterocycles. The minimum atomic E-state index is 0.368. The summed E-state index contributed by atoms with van der Waals surface area (Å²) in [6.45, 7) is 2.00. The van der Waals surface area contributed by atoms with Crippen LogP contribution in [0.15, 0.2) is 77.5 Å². The molecule has 1 aromatic heterocycles. The van der Waals surface area contributed by atoms with E-state index in [4.69, 9.17) is 5.73 Å². The summed E-state index contributed by atoms with van der Waals surface area (Å²) in [5.41, 5.74) is 9.94. The Morgan fingerprint density at radius 2 is 1.70 bits per heavy atom. The highest BCUT2D eigenvalue weighted by molar-refractivity contribution is 5.84. The van der Waals surface area contributed by atoms with Gasteiger partial charge in [0, 0.05) is 5.56 Å². The minimum absolute atomic E-state index is 0.368. The van der Waals surface area contributed by atoms with Crippen LogP contribution < -0.4 is 5.73 Å². The Kier molecular flexibility index (Phi) is 4.34. The van der Waals surface area contributed by atoms with E-state index in [1.807, 2.05) is 61.7 Å². The number of imidazole rings is 1. The van der Waals surface area contributed by atoms with Gasteiger partial charge < -0.3 is 5.73 Å². The predicted molar refractivity (Wildman–Crippen MR) is 96.1 cm³/mol. The Balaban J connectivity index is 1.80. The number of aromatic nitrogens is 2. The number of rotatable bonds is 4. The zero-order chi connectivity index (χ0) is 16.1. The third kappa shape index (κ3) is 3.74. The maximum Gasteiger partial charge on any atom is 0.221 e. The van der Waals surface area contributed by atoms with Crippen LogP contribution in [0.2, 0.25) is 0 Å². The van der Waals surface area contributed by atoms with Crippen molar-refractivity contribution >= 4 is 18.2 Å². The molecule has 0 aliphatic carbocycles. The van der Waals surface area contributed by atoms with Crippen LogP contribution in [-0.2, 0) is 0 Å². The molecule has 0 aliphatic heterocycles. The Morgan fingerprint density at radius 3 is 2.39 bits per heavy atom. The Labute approximate surface area is 135 Å². The number of hydrogen-bond donors (Lipinski definition) is 1. The van der Waals surface area contributed by atoms with E-state index >= 15 is 0 Å². The molecule has 0 radical (unpaired) electrons. The second-order valence-electron chi connectivity index (χ2n) is 5.24. The zero-order valence-electron chi connectivity index (χ0n) is 12.9. The molecule has 23 heavy (non-hydrogen) atoms. The van der Waals surface area contributed by atoms with E-state index in [0.29, 0.717) is 5.95 Å². The van der Waals surface area contributed by atoms with Crippen molar-refractivity contribution < 1.29 is 0 Å². The average molecular weight is 302 g/mol. The van der Waals surface area contributed by atoms with Gasteiger partial charge in [-0.2, -0.15) is 5.10 Å². The van der Waals surface area contributed by atoms with Crippen LogP contribution in [0.1, 0.15) is 12.5 Å². The fraction of sp³-hybridized carbons (Fsp3) is 0.0526. The number of nitrogens with two attached hydrogens (primary N) is 1. The zero-order valence-corrected chi connectivity index (χ0v) is 12.9. The quantitative estimate of drug-likeness (QED) is 0.739. The van der Waals surface area contributed by atoms with Gasteiger partial charge in [0.1, 0.15) is 0 Å². The van der Waals surface area contributed by atoms with E-state index in [1.54, 1.807) is 10.9 Å². The Bertz CT molecular complexity index is 830. The lowest BCUT2D eigenvalue weighted by Crippen LogP contribution is -1.96. The summed E-state index contributed by atoms with van der Waals surface area (Å²) in [6, 6.07) is 20.0. The molecular formula is C19H18N4. The highest BCUT2D eigenvalue weighted by Crippen LogP contribution is 2.19. The summed E-state index contributed by atoms with van der Waals surface area (Å²) >= 11 is 0. The number of hydrogen-bond acceptors (Lipinski definition) is 3. The van der Waals surface area contributed by atoms with Crippen LogP contribution in [0.25, 0.3) is 17.3 Å². The van der Waals surface area contributed by atoms with Gasteiger partial charge in [-0.1, -0.05) is 66.7 Å². The molecule has 114 valence electrons. The standard InChI is InChI=1S/C19H18N4/c1-15(12-16-8-4-2-5-9-16)13-21-23-14-18(22-19(23)20)17-10-6-3-7-11-17/h2-14H,1H3,(H2,20,22). The molecule has 2 aromatic carbocycles. The molecule has 0 atom stereocenters. The van der Waals surface area contributed by atoms with Crippen molar-refractivity contribution in [3.05, 3.63) is 78.0 Å². The van der Waals surface area contributed by atoms with Gasteiger partial charge >= 0.3 is 0 Å². The maximum absolute atomic E-state index is 5.94. The molecule has 4 nitrogen and oxygen atoms in total. The lowest BCUT2D eigenvalue weighted by Gasteiger charge is -1.96. The van der Waals surface area contributed by atoms with Crippen LogP contribution in [-0.4, -0.2) is 15.9 Å². The van der Waals surface area contributed by atoms with E-state index in [0.717, 1.165) is 22.4 Å². The number of nitrogens with zero attached hydrogens (tertiary/aromatic N) is 3. The smallest absolute Gasteiger partial charge is 0.221 e. The lowest BCUT2D eigenvalue weighted by atomic mass is 10.1. The minimum Gasteiger partial charge on any atom is -0.368 e. The Morgan fingerprint density at radius 1 is 1.04 bits per heavy atom. The highest BCUT2D eigenvalue weighted by atomic mass is 15.4. The fourth-order valence-corrected chi connectivity index (χ4v) is 2.23. The maximum atomic E-state index is 5.94. The van der Waals surface area contributed by atoms with Crippen molar-refractivity contribution in [1.82, 2.24) is 9.66 Å². The molecule has 3 rings (SSSR count). The molecule has 0 aliphatic rings. The first kappa shape index (κ1) is 14.8. The SMILES string of the molecule is CC(C=Nn1cc(-c2ccccc2)nc1N)=Cc1ccccc1. The molecule has 0 bridgehead atoms. The van der Waals surface area contributed by atoms with E-state index in [-0.39, 0.29) is 0 Å². The third-order valence-corrected chi connectivity index (χ3v) is 3.36. The summed E-state index contributed by atoms with van der Waals surface area (Å²) in [4.78, 5) is 4.35. The molecule has 0 saturated carbocycles. The van der Waals surface area contributed by atoms with Crippen LogP contribution in [0.5, 0.6) is 0 Å². The van der Waals surface area contributed by atoms with Gasteiger partial charge in [0.25, 0.3) is 0 Å². The molecule has 0 amide bonds. The second-order valence-corrected chi connectivity index (χ2v) is 5.24. The third-order valence-electron chi connectivity index (χ3n) is 3.36. The molecule has 0 saturated heterocycles. The monoisotopic (exact) mass is 302 g/mol. The number of allylic oxidation sites excluding steroid dienone is 1. The number of anilines is 1. The summed E-state index contributed by atoms with van der Waals surface area (Å²) < 4.78 is 1.59. The summed E-state index contributed by atoms with van der Waals surface area (Å²) in [5.74, 6) is 0.368. The van der Waals surface area contributed by atoms with Crippen molar-refractivity contribution in [3.63, 3.8) is 0 Å². The van der Waals surface area contributed by atoms with Gasteiger partial charge in [-0.05, 0) is 18.1 Å². The summed E-state index contributed by atoms with van der Waals surface area (Å²) in [5, 5.41) is 4.38. The van der Waals surface area contributed by atoms with Gasteiger partial charge in [-0.15, -0.1) is 0 Å². The summed E-state index contributed by atoms with van der Waals surface area (Å²) in [7, 11) is 0. The number of nitrogen functional groups attached to an aromatic ring is 1. The van der Waals surface area contributed by atoms with Gasteiger partial charge in [0.15, 0.2) is 0 Å². The van der Waals surface area contributed by atoms with Crippen molar-refractivity contribution in [2.24, 2.45) is 5.10 Å². The molecule has 2 N–H and O–H groups in total. The van der Waals surface area contributed by atoms with Crippen molar-refractivity contribution in [2.75, 3.05) is 5.73 Å². The summed E-state index contributed by atoms with van der Waals surface area (Å²) in [6.07, 6.45) is 5.67. The van der Waals surface area contributed by atoms with Gasteiger partial charge in [-0.25, -0.2) is 9.66 Å². The average Bonchev–Trinajstić information content (AvgIpc) is 2.96. The van der Waals surface area contributed by atoms with Crippen LogP contribution in [0.3, 0.4) is 0 Å². The van der Waals surface area contributed by atoms with Crippen molar-refractivity contribution in [1.29, 1.82) is 0 Å². The van der Waals surface area contributed by atoms with Crippen LogP contribution in [0.4, 0.5) is 5.95 Å². The normalized spacial score (nSPS) is 12.0. The van der Waals surface area contributed by atoms with Crippen molar-refractivity contribution in [3.8, 4) is 11.3 Å². The highest BCUT2D eigenvalue weighted by Gasteiger charge is 2.05. The van der Waals surface area contributed by atoms with Gasteiger partial charge in [-0.3, -0.25) is 0 Å². The van der Waals surface area contributed by atoms with E-state index < -0.39 is 0 Å². The molecular weight excluding hydrogens is 284 g/mol. The Hall–Kier alpha value is -3.14. The lowest BCUT2D eigenvalue weighted by molar-refractivity contribution is 0.897. The first-order valence-electron chi connectivity index (χ1n) is 7.40. The molecule has 0 unspecified atom stereocenters. The molecule has 4 heteroatoms. The largest absolute Gasteiger partial charge is 0.368 e. The fourth-order valence-electron chi connectivity index (χ4n) is 2.23. The molecule has 0 spiro atoms. The van der Waals surface area contributed by atoms with E-state index in [9.17, 15) is 0 Å². The van der Waals surface area contributed by atoms with E-state index in [2.05, 4.69) is 28.3 Å². The number of benzene rings is 2. The first-order chi connectivity index (χ1) is 11.2. The van der Waals surface area contributed by atoms with Gasteiger partial charge in [0.2, 0.25) is 5.95 Å². The predicted octanol–water partition coefficient (Wildman–Crippen LogP) is 4.07. The van der Waals surface area contributed by atoms with E-state index in [1.165, 1.54) is 0 Å². The topological polar surface area (TPSA) is 56.2 Å². The van der Waals surface area contributed by atoms with Crippen molar-refractivity contribution in [2.45, 2.75) is 6.92 Å². The van der Waals surface area contributed by atoms with Crippen LogP contribution in [0, 0.1) is 0 Å². The molecule has 3 aromatic rings. The van der Waals surface area contributed by atoms with Gasteiger partial charge in [0.05, 0.1) is 18.1 Å². The first-order valence-corrected chi connectivity index (χ1v) is 7.40. The second kappa shape index (κ2) is 6.75.